The fourth-order valence-corrected chi connectivity index (χ4v) is 4.55. The second kappa shape index (κ2) is 10.2. The van der Waals surface area contributed by atoms with Crippen LogP contribution in [0.5, 0.6) is 5.75 Å². The number of anilines is 1. The minimum atomic E-state index is -2.51. The van der Waals surface area contributed by atoms with Crippen LogP contribution >= 0.6 is 0 Å². The Hall–Kier alpha value is -2.90. The number of nitrogens with one attached hydrogen (secondary N) is 1. The van der Waals surface area contributed by atoms with E-state index in [1.807, 2.05) is 38.1 Å². The zero-order valence-electron chi connectivity index (χ0n) is 20.1. The Morgan fingerprint density at radius 2 is 2.09 bits per heavy atom. The SMILES string of the molecule is Cc1noc(NC(=O)N2CCC(=Cc3cccc(OCC4CCC(F)(F)CC4)c3)C(C)C2)c1C. The zero-order chi connectivity index (χ0) is 24.3. The molecular formula is C26H33F2N3O3. The number of nitrogens with zero attached hydrogens (tertiary/aromatic N) is 2. The molecule has 184 valence electrons. The molecule has 1 atom stereocenters. The van der Waals surface area contributed by atoms with Gasteiger partial charge in [0.25, 0.3) is 0 Å². The molecular weight excluding hydrogens is 440 g/mol. The molecule has 1 saturated heterocycles. The standard InChI is InChI=1S/C26H33F2N3O3/c1-17-15-31(25(32)29-24-18(2)19(3)30-34-24)12-9-22(17)13-21-5-4-6-23(14-21)33-16-20-7-10-26(27,28)11-8-20/h4-6,13-14,17,20H,7-12,15-16H2,1-3H3,(H,29,32). The van der Waals surface area contributed by atoms with Crippen molar-refractivity contribution >= 4 is 18.0 Å². The maximum absolute atomic E-state index is 13.4. The molecule has 0 radical (unpaired) electrons. The first kappa shape index (κ1) is 24.2. The smallest absolute Gasteiger partial charge is 0.324 e. The molecule has 2 heterocycles. The largest absolute Gasteiger partial charge is 0.493 e. The maximum Gasteiger partial charge on any atom is 0.324 e. The van der Waals surface area contributed by atoms with Crippen LogP contribution < -0.4 is 10.1 Å². The average Bonchev–Trinajstić information content (AvgIpc) is 3.12. The Morgan fingerprint density at radius 3 is 2.76 bits per heavy atom. The first-order chi connectivity index (χ1) is 16.2. The highest BCUT2D eigenvalue weighted by Crippen LogP contribution is 2.36. The van der Waals surface area contributed by atoms with E-state index in [-0.39, 0.29) is 30.7 Å². The number of alkyl halides is 2. The summed E-state index contributed by atoms with van der Waals surface area (Å²) in [5, 5.41) is 6.70. The van der Waals surface area contributed by atoms with Crippen molar-refractivity contribution in [3.8, 4) is 5.75 Å². The van der Waals surface area contributed by atoms with Gasteiger partial charge in [0, 0.05) is 31.5 Å². The predicted molar refractivity (Wildman–Crippen MR) is 127 cm³/mol. The fourth-order valence-electron chi connectivity index (χ4n) is 4.55. The van der Waals surface area contributed by atoms with Crippen molar-refractivity contribution in [3.63, 3.8) is 0 Å². The Balaban J connectivity index is 1.31. The summed E-state index contributed by atoms with van der Waals surface area (Å²) in [6.07, 6.45) is 3.87. The first-order valence-corrected chi connectivity index (χ1v) is 12.0. The minimum Gasteiger partial charge on any atom is -0.493 e. The Bertz CT molecular complexity index is 1040. The van der Waals surface area contributed by atoms with Gasteiger partial charge in [0.05, 0.1) is 12.3 Å². The topological polar surface area (TPSA) is 67.6 Å². The normalized spacial score (nSPS) is 22.1. The summed E-state index contributed by atoms with van der Waals surface area (Å²) in [7, 11) is 0. The second-order valence-corrected chi connectivity index (χ2v) is 9.65. The molecule has 2 fully saturated rings. The summed E-state index contributed by atoms with van der Waals surface area (Å²) in [6.45, 7) is 7.54. The van der Waals surface area contributed by atoms with Crippen molar-refractivity contribution in [2.24, 2.45) is 11.8 Å². The van der Waals surface area contributed by atoms with Gasteiger partial charge in [-0.1, -0.05) is 35.9 Å². The van der Waals surface area contributed by atoms with Crippen LogP contribution in [0.2, 0.25) is 0 Å². The van der Waals surface area contributed by atoms with Crippen LogP contribution in [0.25, 0.3) is 6.08 Å². The van der Waals surface area contributed by atoms with Crippen LogP contribution in [-0.4, -0.2) is 41.7 Å². The Kier molecular flexibility index (Phi) is 7.24. The quantitative estimate of drug-likeness (QED) is 0.542. The second-order valence-electron chi connectivity index (χ2n) is 9.65. The monoisotopic (exact) mass is 473 g/mol. The molecule has 4 rings (SSSR count). The Labute approximate surface area is 199 Å². The number of carbonyl (C=O) groups excluding carboxylic acids is 1. The number of rotatable bonds is 5. The highest BCUT2D eigenvalue weighted by Gasteiger charge is 2.35. The number of piperidine rings is 1. The molecule has 34 heavy (non-hydrogen) atoms. The summed E-state index contributed by atoms with van der Waals surface area (Å²) >= 11 is 0. The molecule has 1 aromatic heterocycles. The summed E-state index contributed by atoms with van der Waals surface area (Å²) in [6, 6.07) is 7.70. The summed E-state index contributed by atoms with van der Waals surface area (Å²) in [5.41, 5.74) is 3.92. The number of aryl methyl sites for hydroxylation is 1. The number of likely N-dealkylation sites (tertiary alicyclic amines) is 1. The lowest BCUT2D eigenvalue weighted by atomic mass is 9.87. The van der Waals surface area contributed by atoms with Crippen LogP contribution in [0.1, 0.15) is 55.8 Å². The molecule has 2 amide bonds. The van der Waals surface area contributed by atoms with Gasteiger partial charge in [-0.05, 0) is 62.6 Å². The molecule has 8 heteroatoms. The molecule has 2 aliphatic rings. The molecule has 1 aliphatic heterocycles. The van der Waals surface area contributed by atoms with Gasteiger partial charge in [-0.2, -0.15) is 0 Å². The van der Waals surface area contributed by atoms with Crippen molar-refractivity contribution in [1.29, 1.82) is 0 Å². The first-order valence-electron chi connectivity index (χ1n) is 12.0. The number of ether oxygens (including phenoxy) is 1. The van der Waals surface area contributed by atoms with E-state index in [0.717, 1.165) is 29.0 Å². The van der Waals surface area contributed by atoms with Gasteiger partial charge in [-0.25, -0.2) is 13.6 Å². The predicted octanol–water partition coefficient (Wildman–Crippen LogP) is 6.45. The van der Waals surface area contributed by atoms with E-state index in [1.165, 1.54) is 5.57 Å². The molecule has 1 aromatic carbocycles. The maximum atomic E-state index is 13.4. The van der Waals surface area contributed by atoms with Crippen molar-refractivity contribution in [2.75, 3.05) is 25.0 Å². The van der Waals surface area contributed by atoms with Gasteiger partial charge in [0.1, 0.15) is 5.75 Å². The van der Waals surface area contributed by atoms with E-state index in [2.05, 4.69) is 23.5 Å². The molecule has 1 saturated carbocycles. The third-order valence-corrected chi connectivity index (χ3v) is 7.00. The van der Waals surface area contributed by atoms with E-state index in [4.69, 9.17) is 9.26 Å². The van der Waals surface area contributed by atoms with Crippen molar-refractivity contribution < 1.29 is 22.8 Å². The van der Waals surface area contributed by atoms with E-state index in [1.54, 1.807) is 4.90 Å². The molecule has 2 aromatic rings. The van der Waals surface area contributed by atoms with Gasteiger partial charge in [0.2, 0.25) is 11.8 Å². The average molecular weight is 474 g/mol. The summed E-state index contributed by atoms with van der Waals surface area (Å²) in [5.74, 6) is -0.958. The van der Waals surface area contributed by atoms with Gasteiger partial charge in [0.15, 0.2) is 0 Å². The molecule has 0 spiro atoms. The molecule has 1 aliphatic carbocycles. The summed E-state index contributed by atoms with van der Waals surface area (Å²) in [4.78, 5) is 14.5. The van der Waals surface area contributed by atoms with E-state index >= 15 is 0 Å². The third-order valence-electron chi connectivity index (χ3n) is 7.00. The lowest BCUT2D eigenvalue weighted by Gasteiger charge is -2.33. The number of halogens is 2. The number of carbonyl (C=O) groups is 1. The highest BCUT2D eigenvalue weighted by atomic mass is 19.3. The van der Waals surface area contributed by atoms with Gasteiger partial charge >= 0.3 is 6.03 Å². The Morgan fingerprint density at radius 1 is 1.32 bits per heavy atom. The van der Waals surface area contributed by atoms with Gasteiger partial charge < -0.3 is 14.2 Å². The summed E-state index contributed by atoms with van der Waals surface area (Å²) < 4.78 is 37.8. The van der Waals surface area contributed by atoms with Crippen molar-refractivity contribution in [3.05, 3.63) is 46.7 Å². The van der Waals surface area contributed by atoms with Gasteiger partial charge in [-0.15, -0.1) is 0 Å². The van der Waals surface area contributed by atoms with Gasteiger partial charge in [-0.3, -0.25) is 5.32 Å². The minimum absolute atomic E-state index is 0.0439. The van der Waals surface area contributed by atoms with E-state index in [9.17, 15) is 13.6 Å². The van der Waals surface area contributed by atoms with Crippen LogP contribution in [0, 0.1) is 25.7 Å². The number of aromatic nitrogens is 1. The molecule has 0 bridgehead atoms. The highest BCUT2D eigenvalue weighted by molar-refractivity contribution is 5.88. The number of benzene rings is 1. The van der Waals surface area contributed by atoms with Crippen molar-refractivity contribution in [1.82, 2.24) is 10.1 Å². The molecule has 1 N–H and O–H groups in total. The number of hydrogen-bond acceptors (Lipinski definition) is 4. The van der Waals surface area contributed by atoms with Crippen LogP contribution in [-0.2, 0) is 0 Å². The zero-order valence-corrected chi connectivity index (χ0v) is 20.1. The lowest BCUT2D eigenvalue weighted by molar-refractivity contribution is -0.0498. The molecule has 6 nitrogen and oxygen atoms in total. The van der Waals surface area contributed by atoms with Crippen LogP contribution in [0.3, 0.4) is 0 Å². The number of urea groups is 1. The number of amides is 2. The fraction of sp³-hybridized carbons (Fsp3) is 0.538. The number of hydrogen-bond donors (Lipinski definition) is 1. The third kappa shape index (κ3) is 5.96. The van der Waals surface area contributed by atoms with E-state index in [0.29, 0.717) is 38.4 Å². The van der Waals surface area contributed by atoms with Crippen molar-refractivity contribution in [2.45, 2.75) is 58.8 Å². The van der Waals surface area contributed by atoms with E-state index < -0.39 is 5.92 Å². The molecule has 1 unspecified atom stereocenters. The lowest BCUT2D eigenvalue weighted by Crippen LogP contribution is -2.42. The van der Waals surface area contributed by atoms with Crippen LogP contribution in [0.15, 0.2) is 34.4 Å². The van der Waals surface area contributed by atoms with Crippen LogP contribution in [0.4, 0.5) is 19.5 Å².